The molecule has 0 spiro atoms. The van der Waals surface area contributed by atoms with Crippen molar-refractivity contribution in [2.45, 2.75) is 45.3 Å². The molecule has 1 atom stereocenters. The van der Waals surface area contributed by atoms with Gasteiger partial charge in [0.2, 0.25) is 11.8 Å². The third-order valence-corrected chi connectivity index (χ3v) is 4.71. The number of anilines is 1. The summed E-state index contributed by atoms with van der Waals surface area (Å²) in [6, 6.07) is 3.76. The number of fused-ring (bicyclic) bond motifs is 1. The average molecular weight is 431 g/mol. The lowest BCUT2D eigenvalue weighted by atomic mass is 10.1. The molecule has 2 aromatic rings. The fourth-order valence-corrected chi connectivity index (χ4v) is 3.39. The van der Waals surface area contributed by atoms with E-state index >= 15 is 0 Å². The summed E-state index contributed by atoms with van der Waals surface area (Å²) in [6.07, 6.45) is 0.542. The minimum absolute atomic E-state index is 0.0396. The van der Waals surface area contributed by atoms with E-state index in [1.807, 2.05) is 0 Å². The Morgan fingerprint density at radius 1 is 1.16 bits per heavy atom. The smallest absolute Gasteiger partial charge is 0.410 e. The van der Waals surface area contributed by atoms with Gasteiger partial charge in [0.1, 0.15) is 11.6 Å². The summed E-state index contributed by atoms with van der Waals surface area (Å²) < 4.78 is 5.34. The van der Waals surface area contributed by atoms with Crippen molar-refractivity contribution >= 4 is 34.4 Å². The predicted molar refractivity (Wildman–Crippen MR) is 113 cm³/mol. The fraction of sp³-hybridized carbons (Fsp3) is 0.450. The van der Waals surface area contributed by atoms with E-state index in [0.717, 1.165) is 0 Å². The van der Waals surface area contributed by atoms with E-state index < -0.39 is 40.7 Å². The van der Waals surface area contributed by atoms with Gasteiger partial charge in [-0.2, -0.15) is 0 Å². The van der Waals surface area contributed by atoms with Gasteiger partial charge in [-0.3, -0.25) is 34.3 Å². The van der Waals surface area contributed by atoms with Crippen molar-refractivity contribution in [1.29, 1.82) is 0 Å². The molecule has 0 bridgehead atoms. The molecule has 2 heterocycles. The SMILES string of the molecule is CC(C)(C)OC(=O)N1CCC[C@@H]1C(=O)NCC(=O)Nc1cccc2c(=O)[nH][nH]c(=O)c12. The number of likely N-dealkylation sites (tertiary alicyclic amines) is 1. The second-order valence-electron chi connectivity index (χ2n) is 8.23. The Hall–Kier alpha value is -3.63. The third kappa shape index (κ3) is 5.11. The van der Waals surface area contributed by atoms with E-state index in [-0.39, 0.29) is 23.0 Å². The number of aromatic amines is 2. The standard InChI is InChI=1S/C20H25N5O6/c1-20(2,3)31-19(30)25-9-5-8-13(25)17(28)21-10-14(26)22-12-7-4-6-11-15(12)18(29)24-23-16(11)27/h4,6-7,13H,5,8-10H2,1-3H3,(H,21,28)(H,22,26)(H,23,27)(H,24,29)/t13-/m1/s1. The van der Waals surface area contributed by atoms with Crippen LogP contribution >= 0.6 is 0 Å². The summed E-state index contributed by atoms with van der Waals surface area (Å²) in [4.78, 5) is 62.5. The van der Waals surface area contributed by atoms with Crippen LogP contribution in [0.4, 0.5) is 10.5 Å². The molecular weight excluding hydrogens is 406 g/mol. The van der Waals surface area contributed by atoms with Crippen molar-refractivity contribution in [2.24, 2.45) is 0 Å². The highest BCUT2D eigenvalue weighted by atomic mass is 16.6. The van der Waals surface area contributed by atoms with Crippen molar-refractivity contribution < 1.29 is 19.1 Å². The van der Waals surface area contributed by atoms with Crippen LogP contribution in [0.2, 0.25) is 0 Å². The molecule has 1 aromatic carbocycles. The Kier molecular flexibility index (Phi) is 6.14. The molecule has 3 amide bonds. The van der Waals surface area contributed by atoms with E-state index in [2.05, 4.69) is 20.8 Å². The van der Waals surface area contributed by atoms with Crippen molar-refractivity contribution in [3.8, 4) is 0 Å². The number of rotatable bonds is 4. The van der Waals surface area contributed by atoms with Crippen molar-refractivity contribution in [3.05, 3.63) is 38.9 Å². The highest BCUT2D eigenvalue weighted by molar-refractivity contribution is 6.03. The van der Waals surface area contributed by atoms with Crippen LogP contribution in [0.3, 0.4) is 0 Å². The number of hydrogen-bond acceptors (Lipinski definition) is 6. The van der Waals surface area contributed by atoms with Gasteiger partial charge in [-0.05, 0) is 45.7 Å². The molecule has 1 fully saturated rings. The normalized spacial score (nSPS) is 16.2. The number of aromatic nitrogens is 2. The van der Waals surface area contributed by atoms with Gasteiger partial charge >= 0.3 is 6.09 Å². The van der Waals surface area contributed by atoms with Crippen LogP contribution in [0.1, 0.15) is 33.6 Å². The lowest BCUT2D eigenvalue weighted by molar-refractivity contribution is -0.127. The monoisotopic (exact) mass is 431 g/mol. The summed E-state index contributed by atoms with van der Waals surface area (Å²) >= 11 is 0. The highest BCUT2D eigenvalue weighted by Crippen LogP contribution is 2.21. The average Bonchev–Trinajstić information content (AvgIpc) is 3.18. The Labute approximate surface area is 177 Å². The number of ether oxygens (including phenoxy) is 1. The Morgan fingerprint density at radius 3 is 2.58 bits per heavy atom. The Bertz CT molecular complexity index is 1130. The first kappa shape index (κ1) is 22.1. The molecule has 3 rings (SSSR count). The molecule has 0 unspecified atom stereocenters. The first-order valence-electron chi connectivity index (χ1n) is 9.87. The first-order valence-corrected chi connectivity index (χ1v) is 9.87. The fourth-order valence-electron chi connectivity index (χ4n) is 3.39. The quantitative estimate of drug-likeness (QED) is 0.558. The molecule has 0 aliphatic carbocycles. The summed E-state index contributed by atoms with van der Waals surface area (Å²) in [5.41, 5.74) is -1.59. The highest BCUT2D eigenvalue weighted by Gasteiger charge is 2.36. The zero-order valence-electron chi connectivity index (χ0n) is 17.5. The number of nitrogens with zero attached hydrogens (tertiary/aromatic N) is 1. The van der Waals surface area contributed by atoms with Crippen LogP contribution in [-0.4, -0.2) is 57.7 Å². The van der Waals surface area contributed by atoms with Gasteiger partial charge in [-0.15, -0.1) is 0 Å². The number of benzene rings is 1. The number of H-pyrrole nitrogens is 2. The zero-order valence-corrected chi connectivity index (χ0v) is 17.5. The third-order valence-electron chi connectivity index (χ3n) is 4.71. The summed E-state index contributed by atoms with van der Waals surface area (Å²) in [5, 5.41) is 9.64. The van der Waals surface area contributed by atoms with Gasteiger partial charge in [0.05, 0.1) is 23.0 Å². The first-order chi connectivity index (χ1) is 14.6. The van der Waals surface area contributed by atoms with E-state index in [4.69, 9.17) is 4.74 Å². The lowest BCUT2D eigenvalue weighted by Gasteiger charge is -2.28. The molecule has 31 heavy (non-hydrogen) atoms. The van der Waals surface area contributed by atoms with E-state index in [1.54, 1.807) is 20.8 Å². The van der Waals surface area contributed by atoms with Crippen LogP contribution < -0.4 is 21.8 Å². The number of amides is 3. The maximum atomic E-state index is 12.6. The van der Waals surface area contributed by atoms with Crippen LogP contribution in [0.5, 0.6) is 0 Å². The van der Waals surface area contributed by atoms with Gasteiger partial charge < -0.3 is 15.4 Å². The van der Waals surface area contributed by atoms with Crippen LogP contribution in [0, 0.1) is 0 Å². The molecule has 1 aromatic heterocycles. The number of hydrogen-bond donors (Lipinski definition) is 4. The van der Waals surface area contributed by atoms with Crippen LogP contribution in [-0.2, 0) is 14.3 Å². The molecule has 11 nitrogen and oxygen atoms in total. The van der Waals surface area contributed by atoms with Gasteiger partial charge in [-0.25, -0.2) is 4.79 Å². The number of nitrogens with one attached hydrogen (secondary N) is 4. The van der Waals surface area contributed by atoms with E-state index in [0.29, 0.717) is 19.4 Å². The molecule has 4 N–H and O–H groups in total. The summed E-state index contributed by atoms with van der Waals surface area (Å²) in [6.45, 7) is 5.26. The largest absolute Gasteiger partial charge is 0.444 e. The van der Waals surface area contributed by atoms with E-state index in [1.165, 1.54) is 23.1 Å². The second-order valence-corrected chi connectivity index (χ2v) is 8.23. The lowest BCUT2D eigenvalue weighted by Crippen LogP contribution is -2.48. The number of carbonyl (C=O) groups is 3. The molecule has 1 aliphatic rings. The minimum atomic E-state index is -0.721. The van der Waals surface area contributed by atoms with Gasteiger partial charge in [-0.1, -0.05) is 6.07 Å². The molecule has 166 valence electrons. The molecule has 1 aliphatic heterocycles. The number of carbonyl (C=O) groups excluding carboxylic acids is 3. The Morgan fingerprint density at radius 2 is 1.87 bits per heavy atom. The predicted octanol–water partition coefficient (Wildman–Crippen LogP) is 0.671. The minimum Gasteiger partial charge on any atom is -0.444 e. The van der Waals surface area contributed by atoms with Crippen LogP contribution in [0.15, 0.2) is 27.8 Å². The van der Waals surface area contributed by atoms with Crippen molar-refractivity contribution in [1.82, 2.24) is 20.4 Å². The zero-order chi connectivity index (χ0) is 22.8. The molecule has 0 saturated carbocycles. The molecule has 0 radical (unpaired) electrons. The maximum Gasteiger partial charge on any atom is 0.410 e. The van der Waals surface area contributed by atoms with Gasteiger partial charge in [0.25, 0.3) is 11.1 Å². The molecule has 11 heteroatoms. The molecular formula is C20H25N5O6. The maximum absolute atomic E-state index is 12.6. The van der Waals surface area contributed by atoms with Crippen molar-refractivity contribution in [2.75, 3.05) is 18.4 Å². The topological polar surface area (TPSA) is 153 Å². The summed E-state index contributed by atoms with van der Waals surface area (Å²) in [5.74, 6) is -1.05. The van der Waals surface area contributed by atoms with Crippen molar-refractivity contribution in [3.63, 3.8) is 0 Å². The molecule has 1 saturated heterocycles. The van der Waals surface area contributed by atoms with Crippen LogP contribution in [0.25, 0.3) is 10.8 Å². The van der Waals surface area contributed by atoms with Gasteiger partial charge in [0, 0.05) is 6.54 Å². The second kappa shape index (κ2) is 8.62. The van der Waals surface area contributed by atoms with E-state index in [9.17, 15) is 24.0 Å². The van der Waals surface area contributed by atoms with Gasteiger partial charge in [0.15, 0.2) is 0 Å². The Balaban J connectivity index is 1.64. The summed E-state index contributed by atoms with van der Waals surface area (Å²) in [7, 11) is 0.